The lowest BCUT2D eigenvalue weighted by Crippen LogP contribution is -2.30. The van der Waals surface area contributed by atoms with Crippen LogP contribution in [0.25, 0.3) is 11.1 Å². The van der Waals surface area contributed by atoms with Gasteiger partial charge in [-0.15, -0.1) is 0 Å². The molecule has 2 aromatic rings. The van der Waals surface area contributed by atoms with E-state index < -0.39 is 5.41 Å². The lowest BCUT2D eigenvalue weighted by Gasteiger charge is -2.19. The first kappa shape index (κ1) is 14.8. The highest BCUT2D eigenvalue weighted by Crippen LogP contribution is 2.30. The lowest BCUT2D eigenvalue weighted by molar-refractivity contribution is -0.165. The van der Waals surface area contributed by atoms with E-state index in [4.69, 9.17) is 4.84 Å². The second-order valence-electron chi connectivity index (χ2n) is 6.45. The van der Waals surface area contributed by atoms with Crippen LogP contribution in [0.2, 0.25) is 0 Å². The smallest absolute Gasteiger partial charge is 0.254 e. The number of carbonyl (C=O) groups is 1. The van der Waals surface area contributed by atoms with Crippen LogP contribution in [-0.2, 0) is 16.2 Å². The average Bonchev–Trinajstić information content (AvgIpc) is 2.77. The molecular weight excluding hydrogens is 274 g/mol. The molecule has 1 aliphatic heterocycles. The normalized spacial score (nSPS) is 17.0. The first-order chi connectivity index (χ1) is 10.5. The molecule has 0 radical (unpaired) electrons. The minimum absolute atomic E-state index is 0.0528. The highest BCUT2D eigenvalue weighted by molar-refractivity contribution is 5.82. The summed E-state index contributed by atoms with van der Waals surface area (Å²) in [4.78, 5) is 17.9. The summed E-state index contributed by atoms with van der Waals surface area (Å²) < 4.78 is 0. The fraction of sp³-hybridized carbons (Fsp3) is 0.316. The Balaban J connectivity index is 1.89. The Bertz CT molecular complexity index is 692. The highest BCUT2D eigenvalue weighted by Gasteiger charge is 2.40. The van der Waals surface area contributed by atoms with Gasteiger partial charge in [0.15, 0.2) is 0 Å². The molecule has 0 aromatic heterocycles. The van der Waals surface area contributed by atoms with Crippen LogP contribution >= 0.6 is 0 Å². The molecule has 3 nitrogen and oxygen atoms in total. The molecule has 1 amide bonds. The first-order valence-corrected chi connectivity index (χ1v) is 7.58. The summed E-state index contributed by atoms with van der Waals surface area (Å²) in [5, 5.41) is 1.50. The fourth-order valence-electron chi connectivity index (χ4n) is 2.75. The Morgan fingerprint density at radius 2 is 1.82 bits per heavy atom. The summed E-state index contributed by atoms with van der Waals surface area (Å²) in [6.45, 7) is 6.88. The minimum atomic E-state index is -0.426. The summed E-state index contributed by atoms with van der Waals surface area (Å²) in [5.41, 5.74) is 4.27. The summed E-state index contributed by atoms with van der Waals surface area (Å²) in [5.74, 6) is 0.0528. The van der Waals surface area contributed by atoms with Gasteiger partial charge in [0, 0.05) is 0 Å². The second kappa shape index (κ2) is 5.58. The molecule has 0 bridgehead atoms. The maximum atomic E-state index is 12.3. The van der Waals surface area contributed by atoms with E-state index in [-0.39, 0.29) is 5.91 Å². The molecular formula is C19H21NO2. The Morgan fingerprint density at radius 1 is 1.09 bits per heavy atom. The minimum Gasteiger partial charge on any atom is -0.272 e. The molecule has 1 saturated heterocycles. The molecule has 2 aromatic carbocycles. The predicted octanol–water partition coefficient (Wildman–Crippen LogP) is 3.96. The standard InChI is InChI=1S/C19H21NO2/c1-14-16(12-20-18(21)19(2,3)13-22-20)10-7-11-17(14)15-8-5-4-6-9-15/h4-11H,12-13H2,1-3H3. The van der Waals surface area contributed by atoms with Crippen molar-refractivity contribution in [3.05, 3.63) is 59.7 Å². The van der Waals surface area contributed by atoms with Gasteiger partial charge >= 0.3 is 0 Å². The summed E-state index contributed by atoms with van der Waals surface area (Å²) in [6.07, 6.45) is 0. The van der Waals surface area contributed by atoms with Gasteiger partial charge in [-0.05, 0) is 43.0 Å². The van der Waals surface area contributed by atoms with Crippen LogP contribution in [0, 0.1) is 12.3 Å². The molecule has 1 fully saturated rings. The first-order valence-electron chi connectivity index (χ1n) is 7.58. The van der Waals surface area contributed by atoms with Crippen LogP contribution in [0.3, 0.4) is 0 Å². The average molecular weight is 295 g/mol. The van der Waals surface area contributed by atoms with Crippen molar-refractivity contribution in [1.82, 2.24) is 5.06 Å². The SMILES string of the molecule is Cc1c(CN2OCC(C)(C)C2=O)cccc1-c1ccccc1. The molecule has 0 atom stereocenters. The third-order valence-corrected chi connectivity index (χ3v) is 4.23. The number of benzene rings is 2. The van der Waals surface area contributed by atoms with Gasteiger partial charge in [0.2, 0.25) is 0 Å². The van der Waals surface area contributed by atoms with Gasteiger partial charge in [-0.1, -0.05) is 48.5 Å². The molecule has 0 saturated carbocycles. The van der Waals surface area contributed by atoms with Gasteiger partial charge in [0.1, 0.15) is 0 Å². The van der Waals surface area contributed by atoms with Gasteiger partial charge < -0.3 is 0 Å². The molecule has 3 heteroatoms. The largest absolute Gasteiger partial charge is 0.272 e. The van der Waals surface area contributed by atoms with Crippen molar-refractivity contribution >= 4 is 5.91 Å². The zero-order chi connectivity index (χ0) is 15.7. The fourth-order valence-corrected chi connectivity index (χ4v) is 2.75. The molecule has 1 heterocycles. The van der Waals surface area contributed by atoms with E-state index in [1.165, 1.54) is 21.8 Å². The van der Waals surface area contributed by atoms with Gasteiger partial charge in [0.05, 0.1) is 18.6 Å². The van der Waals surface area contributed by atoms with Crippen molar-refractivity contribution in [3.63, 3.8) is 0 Å². The molecule has 0 aliphatic carbocycles. The molecule has 114 valence electrons. The molecule has 0 spiro atoms. The maximum absolute atomic E-state index is 12.3. The number of carbonyl (C=O) groups excluding carboxylic acids is 1. The summed E-state index contributed by atoms with van der Waals surface area (Å²) in [7, 11) is 0. The third-order valence-electron chi connectivity index (χ3n) is 4.23. The van der Waals surface area contributed by atoms with Crippen molar-refractivity contribution in [3.8, 4) is 11.1 Å². The number of hydrogen-bond donors (Lipinski definition) is 0. The number of hydroxylamine groups is 2. The predicted molar refractivity (Wildman–Crippen MR) is 86.9 cm³/mol. The van der Waals surface area contributed by atoms with Crippen LogP contribution in [0.4, 0.5) is 0 Å². The van der Waals surface area contributed by atoms with Crippen molar-refractivity contribution in [1.29, 1.82) is 0 Å². The quantitative estimate of drug-likeness (QED) is 0.857. The molecule has 3 rings (SSSR count). The topological polar surface area (TPSA) is 29.5 Å². The lowest BCUT2D eigenvalue weighted by atomic mass is 9.94. The highest BCUT2D eigenvalue weighted by atomic mass is 16.7. The third kappa shape index (κ3) is 2.64. The van der Waals surface area contributed by atoms with Crippen LogP contribution in [0.5, 0.6) is 0 Å². The summed E-state index contributed by atoms with van der Waals surface area (Å²) >= 11 is 0. The van der Waals surface area contributed by atoms with Gasteiger partial charge in [0.25, 0.3) is 5.91 Å². The number of rotatable bonds is 3. The van der Waals surface area contributed by atoms with E-state index in [0.717, 1.165) is 5.56 Å². The van der Waals surface area contributed by atoms with Crippen molar-refractivity contribution in [2.75, 3.05) is 6.61 Å². The molecule has 0 unspecified atom stereocenters. The van der Waals surface area contributed by atoms with Gasteiger partial charge in [-0.2, -0.15) is 0 Å². The van der Waals surface area contributed by atoms with E-state index in [9.17, 15) is 4.79 Å². The van der Waals surface area contributed by atoms with Crippen molar-refractivity contribution in [2.24, 2.45) is 5.41 Å². The molecule has 1 aliphatic rings. The van der Waals surface area contributed by atoms with Crippen molar-refractivity contribution in [2.45, 2.75) is 27.3 Å². The van der Waals surface area contributed by atoms with E-state index in [1.807, 2.05) is 38.1 Å². The Hall–Kier alpha value is -2.13. The van der Waals surface area contributed by atoms with E-state index >= 15 is 0 Å². The molecule has 0 N–H and O–H groups in total. The van der Waals surface area contributed by atoms with Crippen LogP contribution < -0.4 is 0 Å². The maximum Gasteiger partial charge on any atom is 0.254 e. The van der Waals surface area contributed by atoms with E-state index in [0.29, 0.717) is 13.2 Å². The zero-order valence-electron chi connectivity index (χ0n) is 13.3. The van der Waals surface area contributed by atoms with Crippen molar-refractivity contribution < 1.29 is 9.63 Å². The number of hydrogen-bond acceptors (Lipinski definition) is 2. The number of nitrogens with zero attached hydrogens (tertiary/aromatic N) is 1. The van der Waals surface area contributed by atoms with E-state index in [1.54, 1.807) is 0 Å². The van der Waals surface area contributed by atoms with Gasteiger partial charge in [-0.25, -0.2) is 5.06 Å². The van der Waals surface area contributed by atoms with Crippen LogP contribution in [-0.4, -0.2) is 17.6 Å². The Morgan fingerprint density at radius 3 is 2.45 bits per heavy atom. The number of amides is 1. The van der Waals surface area contributed by atoms with E-state index in [2.05, 4.69) is 31.2 Å². The van der Waals surface area contributed by atoms with Gasteiger partial charge in [-0.3, -0.25) is 9.63 Å². The summed E-state index contributed by atoms with van der Waals surface area (Å²) in [6, 6.07) is 16.5. The Kier molecular flexibility index (Phi) is 3.75. The van der Waals surface area contributed by atoms with Crippen LogP contribution in [0.15, 0.2) is 48.5 Å². The monoisotopic (exact) mass is 295 g/mol. The van der Waals surface area contributed by atoms with Crippen LogP contribution in [0.1, 0.15) is 25.0 Å². The zero-order valence-corrected chi connectivity index (χ0v) is 13.3. The Labute approximate surface area is 131 Å². The molecule has 22 heavy (non-hydrogen) atoms. The second-order valence-corrected chi connectivity index (χ2v) is 6.45.